The van der Waals surface area contributed by atoms with Crippen molar-refractivity contribution in [3.05, 3.63) is 65.0 Å². The summed E-state index contributed by atoms with van der Waals surface area (Å²) in [6.45, 7) is 0. The summed E-state index contributed by atoms with van der Waals surface area (Å²) in [5.74, 6) is -0.184. The summed E-state index contributed by atoms with van der Waals surface area (Å²) in [6.07, 6.45) is 2.63. The second kappa shape index (κ2) is 5.39. The molecular formula is C15H11BrFNS. The van der Waals surface area contributed by atoms with Crippen molar-refractivity contribution < 1.29 is 4.39 Å². The molecule has 1 aromatic carbocycles. The summed E-state index contributed by atoms with van der Waals surface area (Å²) < 4.78 is 14.2. The molecule has 4 heteroatoms. The Morgan fingerprint density at radius 3 is 2.89 bits per heavy atom. The third-order valence-electron chi connectivity index (χ3n) is 2.92. The number of pyridine rings is 1. The summed E-state index contributed by atoms with van der Waals surface area (Å²) in [5, 5.41) is 1.09. The Morgan fingerprint density at radius 1 is 1.21 bits per heavy atom. The van der Waals surface area contributed by atoms with Gasteiger partial charge in [-0.25, -0.2) is 4.39 Å². The third-order valence-corrected chi connectivity index (χ3v) is 5.26. The Balaban J connectivity index is 1.87. The number of hydrogen-bond donors (Lipinski definition) is 0. The average Bonchev–Trinajstić information content (AvgIpc) is 2.83. The van der Waals surface area contributed by atoms with E-state index in [0.717, 1.165) is 22.2 Å². The molecule has 3 rings (SSSR count). The van der Waals surface area contributed by atoms with Gasteiger partial charge in [0.25, 0.3) is 0 Å². The Morgan fingerprint density at radius 2 is 2.11 bits per heavy atom. The maximum Gasteiger partial charge on any atom is 0.124 e. The second-order valence-electron chi connectivity index (χ2n) is 4.32. The molecule has 0 bridgehead atoms. The van der Waals surface area contributed by atoms with Crippen LogP contribution in [0, 0.1) is 5.82 Å². The highest BCUT2D eigenvalue weighted by molar-refractivity contribution is 9.09. The number of aromatic nitrogens is 1. The molecule has 2 heterocycles. The van der Waals surface area contributed by atoms with Gasteiger partial charge in [0.1, 0.15) is 5.82 Å². The van der Waals surface area contributed by atoms with E-state index in [1.54, 1.807) is 23.6 Å². The molecule has 1 unspecified atom stereocenters. The van der Waals surface area contributed by atoms with Crippen molar-refractivity contribution in [2.45, 2.75) is 11.2 Å². The van der Waals surface area contributed by atoms with Crippen LogP contribution in [-0.2, 0) is 6.42 Å². The largest absolute Gasteiger partial charge is 0.261 e. The molecule has 0 amide bonds. The topological polar surface area (TPSA) is 12.9 Å². The number of benzene rings is 1. The van der Waals surface area contributed by atoms with Gasteiger partial charge in [-0.1, -0.05) is 28.1 Å². The average molecular weight is 336 g/mol. The number of nitrogens with zero attached hydrogens (tertiary/aromatic N) is 1. The lowest BCUT2D eigenvalue weighted by molar-refractivity contribution is 0.630. The number of fused-ring (bicyclic) bond motifs is 1. The van der Waals surface area contributed by atoms with Crippen molar-refractivity contribution in [2.75, 3.05) is 0 Å². The Hall–Kier alpha value is -1.26. The highest BCUT2D eigenvalue weighted by Gasteiger charge is 2.13. The molecule has 0 fully saturated rings. The van der Waals surface area contributed by atoms with Crippen LogP contribution in [0.4, 0.5) is 4.39 Å². The van der Waals surface area contributed by atoms with Gasteiger partial charge in [0, 0.05) is 27.9 Å². The summed E-state index contributed by atoms with van der Waals surface area (Å²) in [5.41, 5.74) is 1.05. The fourth-order valence-corrected chi connectivity index (χ4v) is 3.79. The van der Waals surface area contributed by atoms with E-state index in [4.69, 9.17) is 0 Å². The van der Waals surface area contributed by atoms with E-state index in [-0.39, 0.29) is 10.6 Å². The minimum Gasteiger partial charge on any atom is -0.261 e. The smallest absolute Gasteiger partial charge is 0.124 e. The van der Waals surface area contributed by atoms with Crippen LogP contribution < -0.4 is 0 Å². The number of halogens is 2. The van der Waals surface area contributed by atoms with Gasteiger partial charge in [0.15, 0.2) is 0 Å². The van der Waals surface area contributed by atoms with Gasteiger partial charge in [-0.2, -0.15) is 0 Å². The second-order valence-corrected chi connectivity index (χ2v) is 6.54. The third kappa shape index (κ3) is 2.85. The SMILES string of the molecule is Fc1ccc2cc(C(Br)Cc3ccccn3)sc2c1. The summed E-state index contributed by atoms with van der Waals surface area (Å²) in [4.78, 5) is 5.74. The van der Waals surface area contributed by atoms with Crippen molar-refractivity contribution >= 4 is 37.4 Å². The lowest BCUT2D eigenvalue weighted by atomic mass is 10.2. The molecule has 1 atom stereocenters. The minimum absolute atomic E-state index is 0.184. The first kappa shape index (κ1) is 12.8. The first-order valence-corrected chi connectivity index (χ1v) is 7.68. The Bertz CT molecular complexity index is 696. The minimum atomic E-state index is -0.184. The number of rotatable bonds is 3. The predicted molar refractivity (Wildman–Crippen MR) is 81.4 cm³/mol. The van der Waals surface area contributed by atoms with Crippen LogP contribution in [0.25, 0.3) is 10.1 Å². The van der Waals surface area contributed by atoms with Gasteiger partial charge in [-0.3, -0.25) is 4.98 Å². The van der Waals surface area contributed by atoms with Gasteiger partial charge in [-0.05, 0) is 35.7 Å². The van der Waals surface area contributed by atoms with E-state index in [1.165, 1.54) is 10.9 Å². The molecule has 0 spiro atoms. The molecule has 96 valence electrons. The van der Waals surface area contributed by atoms with E-state index in [0.29, 0.717) is 0 Å². The van der Waals surface area contributed by atoms with Crippen LogP contribution in [-0.4, -0.2) is 4.98 Å². The van der Waals surface area contributed by atoms with Crippen LogP contribution in [0.3, 0.4) is 0 Å². The van der Waals surface area contributed by atoms with Crippen LogP contribution in [0.1, 0.15) is 15.4 Å². The first-order valence-electron chi connectivity index (χ1n) is 5.95. The first-order chi connectivity index (χ1) is 9.22. The highest BCUT2D eigenvalue weighted by atomic mass is 79.9. The lowest BCUT2D eigenvalue weighted by Crippen LogP contribution is -1.94. The van der Waals surface area contributed by atoms with Gasteiger partial charge in [0.05, 0.1) is 4.83 Å². The summed E-state index contributed by atoms with van der Waals surface area (Å²) in [6, 6.07) is 12.9. The van der Waals surface area contributed by atoms with E-state index < -0.39 is 0 Å². The van der Waals surface area contributed by atoms with Crippen LogP contribution in [0.15, 0.2) is 48.7 Å². The molecule has 0 saturated heterocycles. The van der Waals surface area contributed by atoms with Crippen LogP contribution >= 0.6 is 27.3 Å². The molecular weight excluding hydrogens is 325 g/mol. The summed E-state index contributed by atoms with van der Waals surface area (Å²) in [7, 11) is 0. The van der Waals surface area contributed by atoms with Crippen LogP contribution in [0.2, 0.25) is 0 Å². The monoisotopic (exact) mass is 335 g/mol. The fraction of sp³-hybridized carbons (Fsp3) is 0.133. The summed E-state index contributed by atoms with van der Waals surface area (Å²) >= 11 is 5.32. The molecule has 0 saturated carbocycles. The van der Waals surface area contributed by atoms with Gasteiger partial charge in [-0.15, -0.1) is 11.3 Å². The number of hydrogen-bond acceptors (Lipinski definition) is 2. The predicted octanol–water partition coefficient (Wildman–Crippen LogP) is 5.11. The van der Waals surface area contributed by atoms with Crippen molar-refractivity contribution in [2.24, 2.45) is 0 Å². The standard InChI is InChI=1S/C15H11BrFNS/c16-13(9-12-3-1-2-6-18-12)15-7-10-4-5-11(17)8-14(10)19-15/h1-8,13H,9H2. The maximum absolute atomic E-state index is 13.2. The zero-order chi connectivity index (χ0) is 13.2. The Kier molecular flexibility index (Phi) is 3.62. The van der Waals surface area contributed by atoms with E-state index in [1.807, 2.05) is 24.3 Å². The zero-order valence-electron chi connectivity index (χ0n) is 10.0. The van der Waals surface area contributed by atoms with Crippen molar-refractivity contribution in [3.63, 3.8) is 0 Å². The van der Waals surface area contributed by atoms with Crippen molar-refractivity contribution in [1.82, 2.24) is 4.98 Å². The van der Waals surface area contributed by atoms with E-state index in [2.05, 4.69) is 27.0 Å². The zero-order valence-corrected chi connectivity index (χ0v) is 12.4. The molecule has 0 aliphatic heterocycles. The van der Waals surface area contributed by atoms with Crippen molar-refractivity contribution in [1.29, 1.82) is 0 Å². The van der Waals surface area contributed by atoms with E-state index in [9.17, 15) is 4.39 Å². The molecule has 0 aliphatic rings. The number of thiophene rings is 1. The van der Waals surface area contributed by atoms with Gasteiger partial charge in [0.2, 0.25) is 0 Å². The van der Waals surface area contributed by atoms with Gasteiger partial charge >= 0.3 is 0 Å². The molecule has 0 radical (unpaired) electrons. The van der Waals surface area contributed by atoms with Crippen LogP contribution in [0.5, 0.6) is 0 Å². The molecule has 0 N–H and O–H groups in total. The normalized spacial score (nSPS) is 12.7. The molecule has 3 aromatic rings. The molecule has 2 aromatic heterocycles. The fourth-order valence-electron chi connectivity index (χ4n) is 1.98. The highest BCUT2D eigenvalue weighted by Crippen LogP contribution is 2.36. The molecule has 1 nitrogen and oxygen atoms in total. The quantitative estimate of drug-likeness (QED) is 0.606. The Labute approximate surface area is 123 Å². The lowest BCUT2D eigenvalue weighted by Gasteiger charge is -2.06. The number of alkyl halides is 1. The van der Waals surface area contributed by atoms with Crippen molar-refractivity contribution in [3.8, 4) is 0 Å². The molecule has 0 aliphatic carbocycles. The maximum atomic E-state index is 13.2. The van der Waals surface area contributed by atoms with Gasteiger partial charge < -0.3 is 0 Å². The molecule has 19 heavy (non-hydrogen) atoms. The van der Waals surface area contributed by atoms with E-state index >= 15 is 0 Å².